The first-order chi connectivity index (χ1) is 18.8. The highest BCUT2D eigenvalue weighted by Crippen LogP contribution is 2.26. The fourth-order valence-electron chi connectivity index (χ4n) is 5.51. The zero-order chi connectivity index (χ0) is 27.4. The molecule has 2 aromatic rings. The molecule has 11 nitrogen and oxygen atoms in total. The van der Waals surface area contributed by atoms with Crippen molar-refractivity contribution in [1.29, 1.82) is 0 Å². The molecule has 2 saturated heterocycles. The maximum absolute atomic E-state index is 13.8. The summed E-state index contributed by atoms with van der Waals surface area (Å²) in [7, 11) is -3.46. The van der Waals surface area contributed by atoms with E-state index in [-0.39, 0.29) is 24.5 Å². The molecule has 0 unspecified atom stereocenters. The molecule has 0 aliphatic carbocycles. The fourth-order valence-corrected chi connectivity index (χ4v) is 6.33. The molecule has 4 heterocycles. The largest absolute Gasteiger partial charge is 0.493 e. The lowest BCUT2D eigenvalue weighted by Crippen LogP contribution is -2.61. The number of amides is 2. The SMILES string of the molecule is CS(=O)(=O)N[C@@H]1CC[C@H]2CCOc3ccccc3C(=O)N3CCN(Cc4ccncc4)C[C@H]3C(=O)NC[C@H]1O2. The van der Waals surface area contributed by atoms with Crippen LogP contribution in [0, 0.1) is 0 Å². The number of benzene rings is 1. The van der Waals surface area contributed by atoms with Gasteiger partial charge in [0, 0.05) is 57.6 Å². The molecule has 39 heavy (non-hydrogen) atoms. The number of nitrogens with one attached hydrogen (secondary N) is 2. The van der Waals surface area contributed by atoms with Crippen molar-refractivity contribution >= 4 is 21.8 Å². The van der Waals surface area contributed by atoms with Gasteiger partial charge in [-0.25, -0.2) is 13.1 Å². The molecule has 0 saturated carbocycles. The van der Waals surface area contributed by atoms with Crippen LogP contribution in [0.4, 0.5) is 0 Å². The average Bonchev–Trinajstić information content (AvgIpc) is 2.92. The van der Waals surface area contributed by atoms with Crippen molar-refractivity contribution in [2.45, 2.75) is 50.1 Å². The van der Waals surface area contributed by atoms with Crippen molar-refractivity contribution in [1.82, 2.24) is 24.8 Å². The van der Waals surface area contributed by atoms with E-state index in [1.165, 1.54) is 0 Å². The first kappa shape index (κ1) is 27.5. The van der Waals surface area contributed by atoms with Crippen LogP contribution in [0.3, 0.4) is 0 Å². The maximum Gasteiger partial charge on any atom is 0.258 e. The standard InChI is InChI=1S/C27H35N5O6S/c1-39(35,36)30-22-7-6-20-10-15-37-24-5-3-2-4-21(24)27(34)32-14-13-31(17-19-8-11-28-12-9-19)18-23(32)26(33)29-16-25(22)38-20/h2-5,8-9,11-12,20,22-23,25,30H,6-7,10,13-18H2,1H3,(H,29,33)/t20-,22+,23-,25+/m0/s1. The van der Waals surface area contributed by atoms with E-state index in [4.69, 9.17) is 9.47 Å². The van der Waals surface area contributed by atoms with E-state index < -0.39 is 28.2 Å². The molecule has 2 bridgehead atoms. The quantitative estimate of drug-likeness (QED) is 0.564. The highest BCUT2D eigenvalue weighted by molar-refractivity contribution is 7.88. The summed E-state index contributed by atoms with van der Waals surface area (Å²) in [6, 6.07) is 9.78. The summed E-state index contributed by atoms with van der Waals surface area (Å²) in [6.45, 7) is 2.43. The third kappa shape index (κ3) is 6.93. The summed E-state index contributed by atoms with van der Waals surface area (Å²) in [5.74, 6) is -0.0802. The molecule has 210 valence electrons. The molecule has 3 aliphatic rings. The zero-order valence-corrected chi connectivity index (χ0v) is 22.8. The Morgan fingerprint density at radius 2 is 1.87 bits per heavy atom. The maximum atomic E-state index is 13.8. The van der Waals surface area contributed by atoms with Crippen molar-refractivity contribution in [2.24, 2.45) is 0 Å². The van der Waals surface area contributed by atoms with Crippen LogP contribution in [-0.2, 0) is 26.1 Å². The van der Waals surface area contributed by atoms with Gasteiger partial charge in [-0.05, 0) is 42.7 Å². The first-order valence-electron chi connectivity index (χ1n) is 13.3. The molecule has 3 aliphatic heterocycles. The topological polar surface area (TPSA) is 130 Å². The van der Waals surface area contributed by atoms with E-state index in [0.717, 1.165) is 11.8 Å². The fraction of sp³-hybridized carbons (Fsp3) is 0.519. The van der Waals surface area contributed by atoms with Crippen LogP contribution in [0.15, 0.2) is 48.8 Å². The van der Waals surface area contributed by atoms with Crippen LogP contribution in [0.25, 0.3) is 0 Å². The monoisotopic (exact) mass is 557 g/mol. The first-order valence-corrected chi connectivity index (χ1v) is 15.2. The summed E-state index contributed by atoms with van der Waals surface area (Å²) < 4.78 is 38.9. The Morgan fingerprint density at radius 3 is 2.67 bits per heavy atom. The number of carbonyl (C=O) groups excluding carboxylic acids is 2. The van der Waals surface area contributed by atoms with E-state index >= 15 is 0 Å². The number of nitrogens with zero attached hydrogens (tertiary/aromatic N) is 3. The van der Waals surface area contributed by atoms with Crippen LogP contribution >= 0.6 is 0 Å². The molecule has 4 atom stereocenters. The number of para-hydroxylation sites is 1. The van der Waals surface area contributed by atoms with Crippen LogP contribution < -0.4 is 14.8 Å². The van der Waals surface area contributed by atoms with Crippen LogP contribution in [0.5, 0.6) is 5.75 Å². The minimum absolute atomic E-state index is 0.128. The van der Waals surface area contributed by atoms with Gasteiger partial charge in [-0.1, -0.05) is 12.1 Å². The molecule has 2 amide bonds. The summed E-state index contributed by atoms with van der Waals surface area (Å²) in [5.41, 5.74) is 1.50. The van der Waals surface area contributed by atoms with Gasteiger partial charge in [-0.2, -0.15) is 0 Å². The number of pyridine rings is 1. The number of rotatable bonds is 4. The number of ether oxygens (including phenoxy) is 2. The molecule has 0 spiro atoms. The summed E-state index contributed by atoms with van der Waals surface area (Å²) >= 11 is 0. The molecule has 12 heteroatoms. The third-order valence-electron chi connectivity index (χ3n) is 7.46. The number of piperazine rings is 1. The molecule has 2 N–H and O–H groups in total. The summed E-state index contributed by atoms with van der Waals surface area (Å²) in [4.78, 5) is 35.3. The van der Waals surface area contributed by atoms with Crippen molar-refractivity contribution in [2.75, 3.05) is 39.0 Å². The zero-order valence-electron chi connectivity index (χ0n) is 22.0. The number of fused-ring (bicyclic) bond motifs is 4. The lowest BCUT2D eigenvalue weighted by atomic mass is 9.97. The van der Waals surface area contributed by atoms with Crippen molar-refractivity contribution in [3.05, 3.63) is 59.9 Å². The molecule has 5 rings (SSSR count). The second-order valence-corrected chi connectivity index (χ2v) is 12.1. The molecule has 0 radical (unpaired) electrons. The summed E-state index contributed by atoms with van der Waals surface area (Å²) in [6.07, 6.45) is 5.71. The number of hydrogen-bond acceptors (Lipinski definition) is 8. The van der Waals surface area contributed by atoms with Gasteiger partial charge in [0.2, 0.25) is 15.9 Å². The lowest BCUT2D eigenvalue weighted by Gasteiger charge is -2.41. The highest BCUT2D eigenvalue weighted by Gasteiger charge is 2.39. The molecule has 2 fully saturated rings. The third-order valence-corrected chi connectivity index (χ3v) is 8.19. The van der Waals surface area contributed by atoms with Gasteiger partial charge in [-0.3, -0.25) is 19.5 Å². The summed E-state index contributed by atoms with van der Waals surface area (Å²) in [5, 5.41) is 2.98. The van der Waals surface area contributed by atoms with E-state index in [0.29, 0.717) is 63.4 Å². The Hall–Kier alpha value is -3.06. The van der Waals surface area contributed by atoms with Gasteiger partial charge < -0.3 is 19.7 Å². The molecule has 1 aromatic carbocycles. The van der Waals surface area contributed by atoms with Gasteiger partial charge in [-0.15, -0.1) is 0 Å². The van der Waals surface area contributed by atoms with Gasteiger partial charge in [0.25, 0.3) is 5.91 Å². The number of carbonyl (C=O) groups is 2. The van der Waals surface area contributed by atoms with Crippen molar-refractivity contribution < 1.29 is 27.5 Å². The number of hydrogen-bond donors (Lipinski definition) is 2. The van der Waals surface area contributed by atoms with E-state index in [1.54, 1.807) is 35.5 Å². The minimum Gasteiger partial charge on any atom is -0.493 e. The molecule has 1 aromatic heterocycles. The van der Waals surface area contributed by atoms with Crippen LogP contribution in [0.1, 0.15) is 35.2 Å². The molecular formula is C27H35N5O6S. The smallest absolute Gasteiger partial charge is 0.258 e. The highest BCUT2D eigenvalue weighted by atomic mass is 32.2. The van der Waals surface area contributed by atoms with Crippen LogP contribution in [0.2, 0.25) is 0 Å². The Bertz CT molecular complexity index is 1280. The normalized spacial score (nSPS) is 26.9. The lowest BCUT2D eigenvalue weighted by molar-refractivity contribution is -0.130. The second-order valence-electron chi connectivity index (χ2n) is 10.4. The van der Waals surface area contributed by atoms with Gasteiger partial charge in [0.15, 0.2) is 0 Å². The van der Waals surface area contributed by atoms with E-state index in [2.05, 4.69) is 19.9 Å². The van der Waals surface area contributed by atoms with Crippen molar-refractivity contribution in [3.8, 4) is 5.75 Å². The van der Waals surface area contributed by atoms with Crippen LogP contribution in [-0.4, -0.2) is 98.3 Å². The van der Waals surface area contributed by atoms with E-state index in [1.807, 2.05) is 18.2 Å². The second kappa shape index (κ2) is 12.0. The Kier molecular flexibility index (Phi) is 8.46. The Balaban J connectivity index is 1.41. The van der Waals surface area contributed by atoms with E-state index in [9.17, 15) is 18.0 Å². The van der Waals surface area contributed by atoms with Gasteiger partial charge in [0.1, 0.15) is 11.8 Å². The predicted molar refractivity (Wildman–Crippen MR) is 144 cm³/mol. The predicted octanol–water partition coefficient (Wildman–Crippen LogP) is 0.772. The number of aromatic nitrogens is 1. The average molecular weight is 558 g/mol. The van der Waals surface area contributed by atoms with Gasteiger partial charge in [0.05, 0.1) is 30.6 Å². The number of sulfonamides is 1. The molecular weight excluding hydrogens is 522 g/mol. The van der Waals surface area contributed by atoms with Gasteiger partial charge >= 0.3 is 0 Å². The Morgan fingerprint density at radius 1 is 1.08 bits per heavy atom. The minimum atomic E-state index is -3.46. The Labute approximate surface area is 228 Å². The van der Waals surface area contributed by atoms with Crippen molar-refractivity contribution in [3.63, 3.8) is 0 Å².